The number of carbonyl (C=O) groups is 3. The number of aryl methyl sites for hydroxylation is 1. The van der Waals surface area contributed by atoms with Crippen LogP contribution in [0.3, 0.4) is 0 Å². The van der Waals surface area contributed by atoms with E-state index in [9.17, 15) is 28.9 Å². The summed E-state index contributed by atoms with van der Waals surface area (Å²) in [6.45, 7) is 3.07. The Hall–Kier alpha value is -2.42. The number of rotatable bonds is 12. The van der Waals surface area contributed by atoms with Gasteiger partial charge in [-0.3, -0.25) is 13.9 Å². The summed E-state index contributed by atoms with van der Waals surface area (Å²) in [6.07, 6.45) is -1.38. The molecule has 6 N–H and O–H groups in total. The number of urea groups is 1. The molecule has 0 fully saturated rings. The molecule has 11 heteroatoms. The van der Waals surface area contributed by atoms with E-state index >= 15 is 0 Å². The molecule has 162 valence electrons. The summed E-state index contributed by atoms with van der Waals surface area (Å²) in [5.74, 6) is -3.70. The summed E-state index contributed by atoms with van der Waals surface area (Å²) in [4.78, 5) is 44.6. The van der Waals surface area contributed by atoms with Crippen molar-refractivity contribution in [2.45, 2.75) is 45.0 Å². The number of hydrogen-bond donors (Lipinski definition) is 5. The van der Waals surface area contributed by atoms with Crippen LogP contribution < -0.4 is 16.4 Å². The van der Waals surface area contributed by atoms with E-state index in [1.807, 2.05) is 30.3 Å². The van der Waals surface area contributed by atoms with Gasteiger partial charge in [0.25, 0.3) is 0 Å². The van der Waals surface area contributed by atoms with Gasteiger partial charge in [0.1, 0.15) is 5.78 Å². The highest BCUT2D eigenvalue weighted by molar-refractivity contribution is 7.53. The van der Waals surface area contributed by atoms with Crippen LogP contribution in [0.15, 0.2) is 30.3 Å². The molecule has 0 spiro atoms. The van der Waals surface area contributed by atoms with Crippen molar-refractivity contribution < 1.29 is 33.5 Å². The molecule has 0 bridgehead atoms. The van der Waals surface area contributed by atoms with Crippen molar-refractivity contribution >= 4 is 25.5 Å². The maximum Gasteiger partial charge on any atom is 0.351 e. The summed E-state index contributed by atoms with van der Waals surface area (Å²) in [5, 5.41) is 13.9. The van der Waals surface area contributed by atoms with E-state index in [4.69, 9.17) is 10.3 Å². The number of carboxylic acids is 1. The molecule has 2 unspecified atom stereocenters. The van der Waals surface area contributed by atoms with Crippen LogP contribution in [-0.2, 0) is 25.1 Å². The van der Waals surface area contributed by atoms with E-state index in [0.717, 1.165) is 5.56 Å². The summed E-state index contributed by atoms with van der Waals surface area (Å²) < 4.78 is 17.7. The molecule has 1 rings (SSSR count). The predicted molar refractivity (Wildman–Crippen MR) is 106 cm³/mol. The zero-order valence-electron chi connectivity index (χ0n) is 16.4. The molecule has 29 heavy (non-hydrogen) atoms. The number of carboxylic acid groups (broad SMARTS) is 1. The monoisotopic (exact) mass is 429 g/mol. The Balaban J connectivity index is 2.74. The Bertz CT molecular complexity index is 742. The molecule has 0 aliphatic rings. The number of hydrogen-bond acceptors (Lipinski definition) is 5. The molecule has 0 aliphatic heterocycles. The van der Waals surface area contributed by atoms with Crippen LogP contribution in [-0.4, -0.2) is 46.3 Å². The lowest BCUT2D eigenvalue weighted by atomic mass is 10.1. The number of nitrogens with two attached hydrogens (primary N) is 1. The molecule has 0 saturated heterocycles. The molecule has 0 radical (unpaired) electrons. The van der Waals surface area contributed by atoms with Crippen LogP contribution in [0.4, 0.5) is 4.79 Å². The standard InChI is InChI=1S/C18H28N3O7P/c1-12(2)16(21-15(22)9-8-13-6-4-3-5-7-13)29(26,27)28-14(17(23)24)10-11-20-18(19)25/h3-7,12,14,16H,8-11H2,1-2H3,(H,21,22)(H,23,24)(H,26,27)(H3,19,20,25)/t14-,16?/m1/s1. The van der Waals surface area contributed by atoms with Gasteiger partial charge in [0, 0.05) is 19.4 Å². The Morgan fingerprint density at radius 1 is 1.21 bits per heavy atom. The first kappa shape index (κ1) is 24.6. The fourth-order valence-electron chi connectivity index (χ4n) is 2.56. The van der Waals surface area contributed by atoms with Crippen molar-refractivity contribution in [3.63, 3.8) is 0 Å². The third-order valence-electron chi connectivity index (χ3n) is 4.03. The minimum atomic E-state index is -4.54. The van der Waals surface area contributed by atoms with Crippen molar-refractivity contribution in [3.05, 3.63) is 35.9 Å². The Kier molecular flexibility index (Phi) is 9.80. The van der Waals surface area contributed by atoms with Gasteiger partial charge in [0.15, 0.2) is 6.10 Å². The highest BCUT2D eigenvalue weighted by Gasteiger charge is 2.40. The van der Waals surface area contributed by atoms with Crippen molar-refractivity contribution in [2.75, 3.05) is 6.54 Å². The third-order valence-corrected chi connectivity index (χ3v) is 6.02. The average Bonchev–Trinajstić information content (AvgIpc) is 2.63. The molecule has 0 aliphatic carbocycles. The van der Waals surface area contributed by atoms with Gasteiger partial charge in [0.05, 0.1) is 0 Å². The second-order valence-corrected chi connectivity index (χ2v) is 8.71. The van der Waals surface area contributed by atoms with E-state index in [0.29, 0.717) is 6.42 Å². The number of carbonyl (C=O) groups excluding carboxylic acids is 2. The first-order valence-electron chi connectivity index (χ1n) is 9.13. The maximum atomic E-state index is 12.7. The normalized spacial score (nSPS) is 15.2. The largest absolute Gasteiger partial charge is 0.479 e. The Morgan fingerprint density at radius 2 is 1.83 bits per heavy atom. The highest BCUT2D eigenvalue weighted by Crippen LogP contribution is 2.50. The van der Waals surface area contributed by atoms with Crippen LogP contribution in [0.2, 0.25) is 0 Å². The molecule has 10 nitrogen and oxygen atoms in total. The van der Waals surface area contributed by atoms with Crippen molar-refractivity contribution in [1.82, 2.24) is 10.6 Å². The first-order valence-corrected chi connectivity index (χ1v) is 10.8. The third kappa shape index (κ3) is 9.08. The molecule has 0 heterocycles. The van der Waals surface area contributed by atoms with Gasteiger partial charge in [0.2, 0.25) is 5.91 Å². The number of aliphatic carboxylic acids is 1. The topological polar surface area (TPSA) is 168 Å². The fraction of sp³-hybridized carbons (Fsp3) is 0.500. The van der Waals surface area contributed by atoms with E-state index in [1.54, 1.807) is 13.8 Å². The zero-order valence-corrected chi connectivity index (χ0v) is 17.3. The molecule has 3 atom stereocenters. The molecule has 3 amide bonds. The summed E-state index contributed by atoms with van der Waals surface area (Å²) in [6, 6.07) is 8.43. The van der Waals surface area contributed by atoms with Gasteiger partial charge in [-0.1, -0.05) is 44.2 Å². The summed E-state index contributed by atoms with van der Waals surface area (Å²) in [7, 11) is -4.54. The maximum absolute atomic E-state index is 12.7. The molecule has 1 aromatic carbocycles. The lowest BCUT2D eigenvalue weighted by molar-refractivity contribution is -0.145. The minimum Gasteiger partial charge on any atom is -0.479 e. The van der Waals surface area contributed by atoms with E-state index in [2.05, 4.69) is 10.6 Å². The smallest absolute Gasteiger partial charge is 0.351 e. The van der Waals surface area contributed by atoms with E-state index in [1.165, 1.54) is 0 Å². The molecule has 0 saturated carbocycles. The molecular formula is C18H28N3O7P. The lowest BCUT2D eigenvalue weighted by Crippen LogP contribution is -2.41. The van der Waals surface area contributed by atoms with Crippen LogP contribution >= 0.6 is 7.60 Å². The van der Waals surface area contributed by atoms with E-state index in [-0.39, 0.29) is 19.4 Å². The molecule has 0 aromatic heterocycles. The highest BCUT2D eigenvalue weighted by atomic mass is 31.2. The predicted octanol–water partition coefficient (Wildman–Crippen LogP) is 1.43. The SMILES string of the molecule is CC(C)C(NC(=O)CCc1ccccc1)P(=O)(O)O[C@H](CCNC(N)=O)C(=O)O. The summed E-state index contributed by atoms with van der Waals surface area (Å²) >= 11 is 0. The number of primary amides is 1. The zero-order chi connectivity index (χ0) is 22.0. The summed E-state index contributed by atoms with van der Waals surface area (Å²) in [5.41, 5.74) is 5.85. The quantitative estimate of drug-likeness (QED) is 0.313. The minimum absolute atomic E-state index is 0.0954. The van der Waals surface area contributed by atoms with Gasteiger partial charge in [-0.25, -0.2) is 9.59 Å². The number of benzene rings is 1. The van der Waals surface area contributed by atoms with Crippen molar-refractivity contribution in [1.29, 1.82) is 0 Å². The second kappa shape index (κ2) is 11.5. The second-order valence-electron chi connectivity index (χ2n) is 6.82. The number of amides is 3. The lowest BCUT2D eigenvalue weighted by Gasteiger charge is -2.28. The Labute approximate surface area is 169 Å². The van der Waals surface area contributed by atoms with Crippen LogP contribution in [0.5, 0.6) is 0 Å². The van der Waals surface area contributed by atoms with Crippen LogP contribution in [0.1, 0.15) is 32.3 Å². The number of nitrogens with one attached hydrogen (secondary N) is 2. The van der Waals surface area contributed by atoms with Gasteiger partial charge in [-0.15, -0.1) is 0 Å². The Morgan fingerprint density at radius 3 is 2.34 bits per heavy atom. The van der Waals surface area contributed by atoms with Gasteiger partial charge < -0.3 is 26.4 Å². The molecular weight excluding hydrogens is 401 g/mol. The van der Waals surface area contributed by atoms with Gasteiger partial charge >= 0.3 is 19.6 Å². The van der Waals surface area contributed by atoms with Gasteiger partial charge in [-0.2, -0.15) is 0 Å². The first-order chi connectivity index (χ1) is 13.5. The van der Waals surface area contributed by atoms with Crippen LogP contribution in [0.25, 0.3) is 0 Å². The van der Waals surface area contributed by atoms with Crippen molar-refractivity contribution in [3.8, 4) is 0 Å². The fourth-order valence-corrected chi connectivity index (χ4v) is 4.31. The average molecular weight is 429 g/mol. The van der Waals surface area contributed by atoms with Crippen molar-refractivity contribution in [2.24, 2.45) is 11.7 Å². The van der Waals surface area contributed by atoms with Crippen LogP contribution in [0, 0.1) is 5.92 Å². The van der Waals surface area contributed by atoms with Gasteiger partial charge in [-0.05, 0) is 17.9 Å². The molecule has 1 aromatic rings. The van der Waals surface area contributed by atoms with E-state index < -0.39 is 43.3 Å².